The second-order valence-electron chi connectivity index (χ2n) is 6.78. The van der Waals surface area contributed by atoms with Crippen molar-refractivity contribution in [2.45, 2.75) is 45.2 Å². The lowest BCUT2D eigenvalue weighted by atomic mass is 10.1. The van der Waals surface area contributed by atoms with Crippen LogP contribution in [-0.2, 0) is 15.7 Å². The molecule has 1 amide bonds. The van der Waals surface area contributed by atoms with Gasteiger partial charge in [0.15, 0.2) is 14.7 Å². The molecule has 0 N–H and O–H groups in total. The maximum atomic E-state index is 12.2. The Labute approximate surface area is 168 Å². The highest BCUT2D eigenvalue weighted by Crippen LogP contribution is 2.50. The topological polar surface area (TPSA) is 20.3 Å². The lowest BCUT2D eigenvalue weighted by molar-refractivity contribution is -0.116. The van der Waals surface area contributed by atoms with Crippen LogP contribution in [0.15, 0.2) is 85.1 Å². The van der Waals surface area contributed by atoms with Crippen LogP contribution in [0, 0.1) is 13.8 Å². The van der Waals surface area contributed by atoms with Crippen LogP contribution in [0.3, 0.4) is 0 Å². The molecule has 0 fully saturated rings. The number of anilines is 1. The number of fused-ring (bicyclic) bond motifs is 2. The van der Waals surface area contributed by atoms with Crippen molar-refractivity contribution in [2.75, 3.05) is 11.9 Å². The molecule has 0 unspecified atom stereocenters. The molecule has 27 heavy (non-hydrogen) atoms. The van der Waals surface area contributed by atoms with Crippen molar-refractivity contribution in [3.8, 4) is 0 Å². The second kappa shape index (κ2) is 7.10. The first-order valence-corrected chi connectivity index (χ1v) is 11.0. The Morgan fingerprint density at radius 3 is 1.93 bits per heavy atom. The predicted octanol–water partition coefficient (Wildman–Crippen LogP) is 5.85. The van der Waals surface area contributed by atoms with Gasteiger partial charge in [-0.2, -0.15) is 0 Å². The molecule has 1 heterocycles. The molecule has 3 aromatic rings. The van der Waals surface area contributed by atoms with Gasteiger partial charge in [-0.15, -0.1) is 0 Å². The minimum absolute atomic E-state index is 0.0519. The van der Waals surface area contributed by atoms with E-state index in [0.717, 1.165) is 5.69 Å². The van der Waals surface area contributed by atoms with E-state index in [9.17, 15) is 4.79 Å². The second-order valence-corrected chi connectivity index (χ2v) is 9.80. The van der Waals surface area contributed by atoms with Gasteiger partial charge in [-0.05, 0) is 61.4 Å². The molecule has 0 saturated heterocycles. The summed E-state index contributed by atoms with van der Waals surface area (Å²) in [5.74, 6) is 0.0519. The number of hydrogen-bond acceptors (Lipinski definition) is 2. The molecule has 0 aromatic heterocycles. The minimum Gasteiger partial charge on any atom is -0.311 e. The van der Waals surface area contributed by atoms with E-state index in [0.29, 0.717) is 0 Å². The maximum absolute atomic E-state index is 12.2. The first-order chi connectivity index (χ1) is 13.0. The van der Waals surface area contributed by atoms with Gasteiger partial charge < -0.3 is 4.90 Å². The zero-order valence-corrected chi connectivity index (χ0v) is 17.6. The summed E-state index contributed by atoms with van der Waals surface area (Å²) in [6.07, 6.45) is 0. The molecule has 0 spiro atoms. The van der Waals surface area contributed by atoms with Gasteiger partial charge in [0.2, 0.25) is 5.91 Å². The van der Waals surface area contributed by atoms with Gasteiger partial charge in [-0.3, -0.25) is 4.79 Å². The van der Waals surface area contributed by atoms with Crippen LogP contribution in [0.1, 0.15) is 18.1 Å². The highest BCUT2D eigenvalue weighted by Gasteiger charge is 2.40. The zero-order chi connectivity index (χ0) is 19.1. The molecule has 1 aliphatic rings. The molecule has 0 atom stereocenters. The molecule has 136 valence electrons. The molecule has 4 rings (SSSR count). The normalized spacial score (nSPS) is 13.0. The smallest absolute Gasteiger partial charge is 0.223 e. The van der Waals surface area contributed by atoms with Gasteiger partial charge in [-0.1, -0.05) is 36.0 Å². The van der Waals surface area contributed by atoms with Crippen LogP contribution in [-0.4, -0.2) is 13.0 Å². The van der Waals surface area contributed by atoms with Gasteiger partial charge in [0.1, 0.15) is 16.6 Å². The number of benzene rings is 3. The number of nitrogens with zero attached hydrogens (tertiary/aromatic N) is 1. The van der Waals surface area contributed by atoms with E-state index >= 15 is 0 Å². The zero-order valence-electron chi connectivity index (χ0n) is 15.9. The van der Waals surface area contributed by atoms with Crippen LogP contribution in [0.4, 0.5) is 5.69 Å². The Morgan fingerprint density at radius 2 is 1.37 bits per heavy atom. The number of amides is 1. The van der Waals surface area contributed by atoms with Crippen molar-refractivity contribution in [3.63, 3.8) is 0 Å². The third kappa shape index (κ3) is 3.17. The Morgan fingerprint density at radius 1 is 0.852 bits per heavy atom. The van der Waals surface area contributed by atoms with E-state index in [2.05, 4.69) is 74.5 Å². The number of carbonyl (C=O) groups is 1. The summed E-state index contributed by atoms with van der Waals surface area (Å²) >= 11 is 1.84. The van der Waals surface area contributed by atoms with Gasteiger partial charge in [0.25, 0.3) is 0 Å². The van der Waals surface area contributed by atoms with E-state index in [4.69, 9.17) is 0 Å². The quantitative estimate of drug-likeness (QED) is 0.399. The number of rotatable bonds is 2. The maximum Gasteiger partial charge on any atom is 0.223 e. The van der Waals surface area contributed by atoms with Crippen LogP contribution in [0.2, 0.25) is 0 Å². The molecule has 1 aliphatic heterocycles. The van der Waals surface area contributed by atoms with Crippen molar-refractivity contribution in [3.05, 3.63) is 71.8 Å². The fourth-order valence-corrected chi connectivity index (χ4v) is 7.25. The highest BCUT2D eigenvalue weighted by atomic mass is 32.2. The summed E-state index contributed by atoms with van der Waals surface area (Å²) in [4.78, 5) is 20.5. The van der Waals surface area contributed by atoms with Gasteiger partial charge in [-0.25, -0.2) is 0 Å². The van der Waals surface area contributed by atoms with Crippen LogP contribution in [0.25, 0.3) is 0 Å². The fraction of sp³-hybridized carbons (Fsp3) is 0.174. The Balaban J connectivity index is 2.02. The van der Waals surface area contributed by atoms with Gasteiger partial charge >= 0.3 is 0 Å². The molecule has 0 bridgehead atoms. The number of aryl methyl sites for hydroxylation is 2. The molecule has 0 aliphatic carbocycles. The third-order valence-electron chi connectivity index (χ3n) is 4.99. The number of hydrogen-bond donors (Lipinski definition) is 0. The number of carbonyl (C=O) groups excluding carboxylic acids is 1. The molecular formula is C23H22NOS2+. The Hall–Kier alpha value is -2.17. The molecule has 0 saturated carbocycles. The summed E-state index contributed by atoms with van der Waals surface area (Å²) in [6.45, 7) is 5.88. The van der Waals surface area contributed by atoms with Gasteiger partial charge in [0, 0.05) is 14.0 Å². The SMILES string of the molecule is CC(=O)N(C)c1cc(C)c(C)cc1[S+]1c2ccccc2Sc2ccccc21. The molecule has 0 radical (unpaired) electrons. The van der Waals surface area contributed by atoms with Crippen LogP contribution >= 0.6 is 11.8 Å². The lowest BCUT2D eigenvalue weighted by Gasteiger charge is -2.24. The largest absolute Gasteiger partial charge is 0.311 e. The average Bonchev–Trinajstić information content (AvgIpc) is 2.67. The minimum atomic E-state index is -0.240. The molecular weight excluding hydrogens is 370 g/mol. The Kier molecular flexibility index (Phi) is 4.79. The summed E-state index contributed by atoms with van der Waals surface area (Å²) in [6, 6.07) is 21.7. The van der Waals surface area contributed by atoms with Crippen LogP contribution in [0.5, 0.6) is 0 Å². The van der Waals surface area contributed by atoms with Crippen molar-refractivity contribution in [1.82, 2.24) is 0 Å². The van der Waals surface area contributed by atoms with E-state index in [1.54, 1.807) is 11.8 Å². The van der Waals surface area contributed by atoms with E-state index in [1.807, 2.05) is 18.8 Å². The molecule has 4 heteroatoms. The first-order valence-electron chi connectivity index (χ1n) is 8.93. The van der Waals surface area contributed by atoms with E-state index in [1.165, 1.54) is 35.6 Å². The summed E-state index contributed by atoms with van der Waals surface area (Å²) < 4.78 is 0. The van der Waals surface area contributed by atoms with E-state index in [-0.39, 0.29) is 16.8 Å². The predicted molar refractivity (Wildman–Crippen MR) is 114 cm³/mol. The Bertz CT molecular complexity index is 999. The van der Waals surface area contributed by atoms with Crippen molar-refractivity contribution >= 4 is 34.3 Å². The third-order valence-corrected chi connectivity index (χ3v) is 8.76. The summed E-state index contributed by atoms with van der Waals surface area (Å²) in [5, 5.41) is 0. The van der Waals surface area contributed by atoms with Crippen molar-refractivity contribution in [2.24, 2.45) is 0 Å². The van der Waals surface area contributed by atoms with Gasteiger partial charge in [0.05, 0.1) is 9.79 Å². The average molecular weight is 393 g/mol. The molecule has 2 nitrogen and oxygen atoms in total. The van der Waals surface area contributed by atoms with E-state index < -0.39 is 0 Å². The molecule has 3 aromatic carbocycles. The van der Waals surface area contributed by atoms with Crippen molar-refractivity contribution in [1.29, 1.82) is 0 Å². The standard InChI is InChI=1S/C23H22NOS2/c1-15-13-18(24(4)17(3)25)23(14-16(15)2)27-21-11-7-5-9-19(21)26-20-10-6-8-12-22(20)27/h5-14H,1-4H3/q+1. The fourth-order valence-electron chi connectivity index (χ4n) is 3.25. The first kappa shape index (κ1) is 18.2. The summed E-state index contributed by atoms with van der Waals surface area (Å²) in [7, 11) is 1.63. The monoisotopic (exact) mass is 392 g/mol. The highest BCUT2D eigenvalue weighted by molar-refractivity contribution is 8.04. The lowest BCUT2D eigenvalue weighted by Crippen LogP contribution is -2.26. The summed E-state index contributed by atoms with van der Waals surface area (Å²) in [5.41, 5.74) is 3.47. The van der Waals surface area contributed by atoms with Crippen molar-refractivity contribution < 1.29 is 4.79 Å². The van der Waals surface area contributed by atoms with Crippen LogP contribution < -0.4 is 4.90 Å².